The van der Waals surface area contributed by atoms with E-state index in [0.29, 0.717) is 24.0 Å². The number of aliphatic hydroxyl groups is 1. The van der Waals surface area contributed by atoms with Crippen LogP contribution in [0.2, 0.25) is 0 Å². The maximum absolute atomic E-state index is 9.69. The van der Waals surface area contributed by atoms with Crippen molar-refractivity contribution in [3.05, 3.63) is 18.1 Å². The summed E-state index contributed by atoms with van der Waals surface area (Å²) < 4.78 is 4.98. The van der Waals surface area contributed by atoms with E-state index < -0.39 is 0 Å². The van der Waals surface area contributed by atoms with Gasteiger partial charge in [0, 0.05) is 18.7 Å². The van der Waals surface area contributed by atoms with Gasteiger partial charge in [0.25, 0.3) is 0 Å². The maximum atomic E-state index is 9.69. The fourth-order valence-corrected chi connectivity index (χ4v) is 1.43. The maximum Gasteiger partial charge on any atom is 0.216 e. The Morgan fingerprint density at radius 2 is 2.43 bits per heavy atom. The van der Waals surface area contributed by atoms with Gasteiger partial charge in [-0.2, -0.15) is 4.98 Å². The van der Waals surface area contributed by atoms with Crippen molar-refractivity contribution < 1.29 is 9.84 Å². The molecular weight excluding hydrogens is 180 g/mol. The topological polar surface area (TPSA) is 55.2 Å². The molecule has 1 atom stereocenters. The minimum Gasteiger partial charge on any atom is -0.481 e. The van der Waals surface area contributed by atoms with E-state index in [9.17, 15) is 5.11 Å². The molecule has 1 heterocycles. The van der Waals surface area contributed by atoms with Crippen molar-refractivity contribution in [3.63, 3.8) is 0 Å². The van der Waals surface area contributed by atoms with Crippen LogP contribution in [-0.2, 0) is 6.42 Å². The standard InChI is InChI=1S/C10H14N2O2/c1-14-10-4-5-11-9(12-10)6-8(13)7-2-3-7/h4-5,7-8,13H,2-3,6H2,1H3. The Balaban J connectivity index is 2.00. The quantitative estimate of drug-likeness (QED) is 0.770. The Hall–Kier alpha value is -1.16. The Morgan fingerprint density at radius 3 is 3.07 bits per heavy atom. The lowest BCUT2D eigenvalue weighted by molar-refractivity contribution is 0.149. The molecule has 14 heavy (non-hydrogen) atoms. The van der Waals surface area contributed by atoms with E-state index >= 15 is 0 Å². The molecule has 0 aromatic carbocycles. The van der Waals surface area contributed by atoms with Gasteiger partial charge >= 0.3 is 0 Å². The van der Waals surface area contributed by atoms with Gasteiger partial charge < -0.3 is 9.84 Å². The largest absolute Gasteiger partial charge is 0.481 e. The van der Waals surface area contributed by atoms with E-state index in [0.717, 1.165) is 12.8 Å². The Morgan fingerprint density at radius 1 is 1.64 bits per heavy atom. The van der Waals surface area contributed by atoms with Crippen LogP contribution >= 0.6 is 0 Å². The second-order valence-corrected chi connectivity index (χ2v) is 3.62. The summed E-state index contributed by atoms with van der Waals surface area (Å²) in [5.41, 5.74) is 0. The summed E-state index contributed by atoms with van der Waals surface area (Å²) in [5.74, 6) is 1.67. The number of methoxy groups -OCH3 is 1. The van der Waals surface area contributed by atoms with Crippen molar-refractivity contribution in [3.8, 4) is 5.88 Å². The minimum absolute atomic E-state index is 0.290. The molecule has 1 N–H and O–H groups in total. The molecule has 0 spiro atoms. The summed E-state index contributed by atoms with van der Waals surface area (Å²) in [6, 6.07) is 1.70. The van der Waals surface area contributed by atoms with Crippen LogP contribution in [-0.4, -0.2) is 28.3 Å². The number of aromatic nitrogens is 2. The number of nitrogens with zero attached hydrogens (tertiary/aromatic N) is 2. The molecule has 0 bridgehead atoms. The van der Waals surface area contributed by atoms with Crippen LogP contribution in [0.15, 0.2) is 12.3 Å². The molecule has 1 aliphatic rings. The summed E-state index contributed by atoms with van der Waals surface area (Å²) >= 11 is 0. The van der Waals surface area contributed by atoms with Crippen LogP contribution < -0.4 is 4.74 Å². The van der Waals surface area contributed by atoms with Gasteiger partial charge in [0.2, 0.25) is 5.88 Å². The zero-order valence-electron chi connectivity index (χ0n) is 8.18. The molecule has 1 unspecified atom stereocenters. The van der Waals surface area contributed by atoms with Crippen LogP contribution in [0.3, 0.4) is 0 Å². The number of ether oxygens (including phenoxy) is 1. The molecule has 4 nitrogen and oxygen atoms in total. The third-order valence-corrected chi connectivity index (χ3v) is 2.45. The highest BCUT2D eigenvalue weighted by molar-refractivity contribution is 5.08. The zero-order valence-corrected chi connectivity index (χ0v) is 8.18. The number of aliphatic hydroxyl groups excluding tert-OH is 1. The summed E-state index contributed by atoms with van der Waals surface area (Å²) in [6.07, 6.45) is 4.15. The molecular formula is C10H14N2O2. The molecule has 1 aromatic rings. The molecule has 1 aliphatic carbocycles. The molecule has 76 valence electrons. The van der Waals surface area contributed by atoms with Gasteiger partial charge in [-0.3, -0.25) is 0 Å². The first-order valence-electron chi connectivity index (χ1n) is 4.83. The second-order valence-electron chi connectivity index (χ2n) is 3.62. The fraction of sp³-hybridized carbons (Fsp3) is 0.600. The third kappa shape index (κ3) is 2.20. The molecule has 1 saturated carbocycles. The third-order valence-electron chi connectivity index (χ3n) is 2.45. The van der Waals surface area contributed by atoms with Crippen LogP contribution in [0.5, 0.6) is 5.88 Å². The summed E-state index contributed by atoms with van der Waals surface area (Å²) in [6.45, 7) is 0. The van der Waals surface area contributed by atoms with Crippen molar-refractivity contribution in [2.24, 2.45) is 5.92 Å². The summed E-state index contributed by atoms with van der Waals surface area (Å²) in [7, 11) is 1.57. The molecule has 0 amide bonds. The highest BCUT2D eigenvalue weighted by atomic mass is 16.5. The van der Waals surface area contributed by atoms with Gasteiger partial charge in [0.1, 0.15) is 5.82 Å². The SMILES string of the molecule is COc1ccnc(CC(O)C2CC2)n1. The van der Waals surface area contributed by atoms with E-state index in [1.165, 1.54) is 0 Å². The van der Waals surface area contributed by atoms with Crippen molar-refractivity contribution >= 4 is 0 Å². The average Bonchev–Trinajstić information content (AvgIpc) is 3.01. The van der Waals surface area contributed by atoms with Crippen molar-refractivity contribution in [1.29, 1.82) is 0 Å². The van der Waals surface area contributed by atoms with Crippen LogP contribution in [0, 0.1) is 5.92 Å². The Labute approximate surface area is 83.0 Å². The van der Waals surface area contributed by atoms with E-state index in [2.05, 4.69) is 9.97 Å². The lowest BCUT2D eigenvalue weighted by atomic mass is 10.1. The first-order chi connectivity index (χ1) is 6.79. The lowest BCUT2D eigenvalue weighted by Gasteiger charge is -2.07. The lowest BCUT2D eigenvalue weighted by Crippen LogP contribution is -2.14. The van der Waals surface area contributed by atoms with E-state index in [1.54, 1.807) is 19.4 Å². The van der Waals surface area contributed by atoms with Crippen LogP contribution in [0.4, 0.5) is 0 Å². The monoisotopic (exact) mass is 194 g/mol. The van der Waals surface area contributed by atoms with Crippen LogP contribution in [0.1, 0.15) is 18.7 Å². The number of hydrogen-bond acceptors (Lipinski definition) is 4. The zero-order chi connectivity index (χ0) is 9.97. The average molecular weight is 194 g/mol. The number of rotatable bonds is 4. The Kier molecular flexibility index (Phi) is 2.63. The predicted octanol–water partition coefficient (Wildman–Crippen LogP) is 0.799. The first-order valence-corrected chi connectivity index (χ1v) is 4.83. The number of hydrogen-bond donors (Lipinski definition) is 1. The van der Waals surface area contributed by atoms with E-state index in [4.69, 9.17) is 4.74 Å². The molecule has 0 saturated heterocycles. The highest BCUT2D eigenvalue weighted by Crippen LogP contribution is 2.33. The molecule has 1 aromatic heterocycles. The molecule has 1 fully saturated rings. The fourth-order valence-electron chi connectivity index (χ4n) is 1.43. The van der Waals surface area contributed by atoms with Gasteiger partial charge in [-0.1, -0.05) is 0 Å². The smallest absolute Gasteiger partial charge is 0.216 e. The second kappa shape index (κ2) is 3.92. The predicted molar refractivity (Wildman–Crippen MR) is 51.0 cm³/mol. The normalized spacial score (nSPS) is 17.9. The first kappa shape index (κ1) is 9.40. The van der Waals surface area contributed by atoms with E-state index in [1.807, 2.05) is 0 Å². The molecule has 2 rings (SSSR count). The Bertz CT molecular complexity index is 313. The van der Waals surface area contributed by atoms with Crippen LogP contribution in [0.25, 0.3) is 0 Å². The van der Waals surface area contributed by atoms with Crippen molar-refractivity contribution in [1.82, 2.24) is 9.97 Å². The van der Waals surface area contributed by atoms with Gasteiger partial charge in [-0.05, 0) is 18.8 Å². The molecule has 0 radical (unpaired) electrons. The summed E-state index contributed by atoms with van der Waals surface area (Å²) in [5, 5.41) is 9.69. The molecule has 0 aliphatic heterocycles. The van der Waals surface area contributed by atoms with Crippen molar-refractivity contribution in [2.75, 3.05) is 7.11 Å². The van der Waals surface area contributed by atoms with Gasteiger partial charge in [0.05, 0.1) is 13.2 Å². The van der Waals surface area contributed by atoms with Gasteiger partial charge in [-0.25, -0.2) is 4.98 Å². The van der Waals surface area contributed by atoms with E-state index in [-0.39, 0.29) is 6.10 Å². The summed E-state index contributed by atoms with van der Waals surface area (Å²) in [4.78, 5) is 8.23. The highest BCUT2D eigenvalue weighted by Gasteiger charge is 2.30. The van der Waals surface area contributed by atoms with Gasteiger partial charge in [0.15, 0.2) is 0 Å². The van der Waals surface area contributed by atoms with Crippen molar-refractivity contribution in [2.45, 2.75) is 25.4 Å². The minimum atomic E-state index is -0.290. The molecule has 4 heteroatoms. The van der Waals surface area contributed by atoms with Gasteiger partial charge in [-0.15, -0.1) is 0 Å².